The number of aromatic nitrogens is 2. The molecule has 0 saturated carbocycles. The lowest BCUT2D eigenvalue weighted by Gasteiger charge is -2.29. The largest absolute Gasteiger partial charge is 0.494 e. The maximum Gasteiger partial charge on any atom is 0.255 e. The smallest absolute Gasteiger partial charge is 0.255 e. The van der Waals surface area contributed by atoms with E-state index in [1.807, 2.05) is 6.07 Å². The van der Waals surface area contributed by atoms with Gasteiger partial charge in [-0.25, -0.2) is 4.39 Å². The van der Waals surface area contributed by atoms with Gasteiger partial charge in [-0.1, -0.05) is 12.1 Å². The van der Waals surface area contributed by atoms with Crippen LogP contribution in [0.5, 0.6) is 5.75 Å². The second-order valence-corrected chi connectivity index (χ2v) is 8.12. The highest BCUT2D eigenvalue weighted by molar-refractivity contribution is 6.05. The number of ether oxygens (including phenoxy) is 1. The summed E-state index contributed by atoms with van der Waals surface area (Å²) < 4.78 is 21.7. The van der Waals surface area contributed by atoms with E-state index in [0.29, 0.717) is 28.8 Å². The van der Waals surface area contributed by atoms with Crippen molar-refractivity contribution in [3.8, 4) is 28.1 Å². The first-order valence-electron chi connectivity index (χ1n) is 10.5. The van der Waals surface area contributed by atoms with E-state index in [4.69, 9.17) is 4.74 Å². The molecule has 0 spiro atoms. The van der Waals surface area contributed by atoms with Crippen LogP contribution in [0.3, 0.4) is 0 Å². The topological polar surface area (TPSA) is 93.5 Å². The van der Waals surface area contributed by atoms with Crippen LogP contribution in [0.2, 0.25) is 0 Å². The Balaban J connectivity index is 1.51. The number of hydrogen-bond donors (Lipinski definition) is 1. The molecule has 0 aliphatic carbocycles. The van der Waals surface area contributed by atoms with Crippen LogP contribution >= 0.6 is 0 Å². The Morgan fingerprint density at radius 3 is 2.70 bits per heavy atom. The molecule has 2 aromatic carbocycles. The lowest BCUT2D eigenvalue weighted by molar-refractivity contribution is -0.136. The summed E-state index contributed by atoms with van der Waals surface area (Å²) >= 11 is 0. The summed E-state index contributed by atoms with van der Waals surface area (Å²) in [6, 6.07) is 9.65. The average Bonchev–Trinajstić information content (AvgIpc) is 3.33. The third-order valence-corrected chi connectivity index (χ3v) is 6.21. The van der Waals surface area contributed by atoms with Crippen LogP contribution < -0.4 is 10.1 Å². The Morgan fingerprint density at radius 1 is 1.12 bits per heavy atom. The lowest BCUT2D eigenvalue weighted by atomic mass is 9.98. The number of piperidine rings is 1. The SMILES string of the molecule is COc1cccc(-c2c(-c3ccc4c(c3)CN(C3CCC(=O)NC3=O)C4=O)cnn2C)c1F. The van der Waals surface area contributed by atoms with Gasteiger partial charge in [0.25, 0.3) is 5.91 Å². The molecule has 3 aromatic rings. The van der Waals surface area contributed by atoms with E-state index >= 15 is 4.39 Å². The second-order valence-electron chi connectivity index (χ2n) is 8.12. The van der Waals surface area contributed by atoms with Crippen LogP contribution in [0.15, 0.2) is 42.6 Å². The van der Waals surface area contributed by atoms with Crippen molar-refractivity contribution in [2.24, 2.45) is 7.05 Å². The van der Waals surface area contributed by atoms with Crippen LogP contribution in [-0.2, 0) is 23.2 Å². The summed E-state index contributed by atoms with van der Waals surface area (Å²) in [4.78, 5) is 38.2. The first-order valence-corrected chi connectivity index (χ1v) is 10.5. The van der Waals surface area contributed by atoms with Crippen molar-refractivity contribution in [1.82, 2.24) is 20.0 Å². The van der Waals surface area contributed by atoms with E-state index in [0.717, 1.165) is 11.1 Å². The molecule has 1 unspecified atom stereocenters. The van der Waals surface area contributed by atoms with Crippen LogP contribution in [0.1, 0.15) is 28.8 Å². The zero-order chi connectivity index (χ0) is 23.3. The number of aryl methyl sites for hydroxylation is 1. The van der Waals surface area contributed by atoms with Gasteiger partial charge >= 0.3 is 0 Å². The molecule has 0 bridgehead atoms. The summed E-state index contributed by atoms with van der Waals surface area (Å²) in [5.74, 6) is -1.35. The van der Waals surface area contributed by atoms with Crippen molar-refractivity contribution in [2.75, 3.05) is 7.11 Å². The fraction of sp³-hybridized carbons (Fsp3) is 0.250. The van der Waals surface area contributed by atoms with Crippen molar-refractivity contribution in [2.45, 2.75) is 25.4 Å². The van der Waals surface area contributed by atoms with Crippen molar-refractivity contribution in [3.05, 3.63) is 59.5 Å². The molecule has 0 radical (unpaired) electrons. The van der Waals surface area contributed by atoms with E-state index in [9.17, 15) is 14.4 Å². The van der Waals surface area contributed by atoms with Gasteiger partial charge in [-0.05, 0) is 41.8 Å². The Hall–Kier alpha value is -4.01. The summed E-state index contributed by atoms with van der Waals surface area (Å²) in [6.07, 6.45) is 2.16. The fourth-order valence-electron chi connectivity index (χ4n) is 4.56. The monoisotopic (exact) mass is 448 g/mol. The molecule has 1 aromatic heterocycles. The first-order chi connectivity index (χ1) is 15.9. The number of hydrogen-bond acceptors (Lipinski definition) is 5. The van der Waals surface area contributed by atoms with Crippen LogP contribution in [0, 0.1) is 5.82 Å². The van der Waals surface area contributed by atoms with E-state index < -0.39 is 17.8 Å². The summed E-state index contributed by atoms with van der Waals surface area (Å²) in [5, 5.41) is 6.63. The second kappa shape index (κ2) is 7.84. The first kappa shape index (κ1) is 20.9. The minimum absolute atomic E-state index is 0.138. The molecule has 2 aliphatic heterocycles. The Labute approximate surface area is 188 Å². The number of halogens is 1. The fourth-order valence-corrected chi connectivity index (χ4v) is 4.56. The zero-order valence-corrected chi connectivity index (χ0v) is 18.1. The quantitative estimate of drug-likeness (QED) is 0.620. The number of benzene rings is 2. The minimum Gasteiger partial charge on any atom is -0.494 e. The maximum absolute atomic E-state index is 15.0. The molecule has 2 aliphatic rings. The highest BCUT2D eigenvalue weighted by atomic mass is 19.1. The number of rotatable bonds is 4. The highest BCUT2D eigenvalue weighted by Gasteiger charge is 2.39. The minimum atomic E-state index is -0.675. The number of methoxy groups -OCH3 is 1. The van der Waals surface area contributed by atoms with Gasteiger partial charge in [-0.2, -0.15) is 5.10 Å². The molecule has 9 heteroatoms. The number of nitrogens with zero attached hydrogens (tertiary/aromatic N) is 3. The molecule has 3 heterocycles. The van der Waals surface area contributed by atoms with Crippen LogP contribution in [0.25, 0.3) is 22.4 Å². The molecule has 5 rings (SSSR count). The molecule has 168 valence electrons. The Bertz CT molecular complexity index is 1320. The number of amides is 3. The zero-order valence-electron chi connectivity index (χ0n) is 18.1. The van der Waals surface area contributed by atoms with E-state index in [2.05, 4.69) is 10.4 Å². The Kier molecular flexibility index (Phi) is 4.96. The van der Waals surface area contributed by atoms with Crippen molar-refractivity contribution in [3.63, 3.8) is 0 Å². The number of fused-ring (bicyclic) bond motifs is 1. The van der Waals surface area contributed by atoms with Crippen LogP contribution in [0.4, 0.5) is 4.39 Å². The van der Waals surface area contributed by atoms with Crippen molar-refractivity contribution < 1.29 is 23.5 Å². The van der Waals surface area contributed by atoms with Crippen molar-refractivity contribution in [1.29, 1.82) is 0 Å². The average molecular weight is 448 g/mol. The van der Waals surface area contributed by atoms with Gasteiger partial charge < -0.3 is 9.64 Å². The standard InChI is InChI=1S/C24H21FN4O4/c1-28-22(16-4-3-5-19(33-2)21(16)25)17(11-26-28)13-6-7-15-14(10-13)12-29(24(15)32)18-8-9-20(30)27-23(18)31/h3-7,10-11,18H,8-9,12H2,1-2H3,(H,27,30,31). The number of carbonyl (C=O) groups excluding carboxylic acids is 3. The molecule has 1 N–H and O–H groups in total. The van der Waals surface area contributed by atoms with Gasteiger partial charge in [-0.3, -0.25) is 24.4 Å². The molecule has 33 heavy (non-hydrogen) atoms. The number of carbonyl (C=O) groups is 3. The van der Waals surface area contributed by atoms with Gasteiger partial charge in [0.1, 0.15) is 6.04 Å². The normalized spacial score (nSPS) is 17.8. The molecule has 1 saturated heterocycles. The molecule has 8 nitrogen and oxygen atoms in total. The van der Waals surface area contributed by atoms with Crippen LogP contribution in [-0.4, -0.2) is 45.6 Å². The van der Waals surface area contributed by atoms with Gasteiger partial charge in [-0.15, -0.1) is 0 Å². The highest BCUT2D eigenvalue weighted by Crippen LogP contribution is 2.38. The predicted octanol–water partition coefficient (Wildman–Crippen LogP) is 2.66. The van der Waals surface area contributed by atoms with Crippen molar-refractivity contribution >= 4 is 17.7 Å². The molecular weight excluding hydrogens is 427 g/mol. The molecule has 1 fully saturated rings. The van der Waals surface area contributed by atoms with E-state index in [1.165, 1.54) is 12.0 Å². The van der Waals surface area contributed by atoms with E-state index in [1.54, 1.807) is 48.3 Å². The van der Waals surface area contributed by atoms with E-state index in [-0.39, 0.29) is 30.5 Å². The van der Waals surface area contributed by atoms with Gasteiger partial charge in [0.05, 0.1) is 19.0 Å². The summed E-state index contributed by atoms with van der Waals surface area (Å²) in [6.45, 7) is 0.261. The number of nitrogens with one attached hydrogen (secondary N) is 1. The van der Waals surface area contributed by atoms with Gasteiger partial charge in [0.15, 0.2) is 11.6 Å². The van der Waals surface area contributed by atoms with Gasteiger partial charge in [0, 0.05) is 36.7 Å². The lowest BCUT2D eigenvalue weighted by Crippen LogP contribution is -2.52. The Morgan fingerprint density at radius 2 is 1.94 bits per heavy atom. The third kappa shape index (κ3) is 3.36. The maximum atomic E-state index is 15.0. The number of imide groups is 1. The molecule has 1 atom stereocenters. The molecular formula is C24H21FN4O4. The summed E-state index contributed by atoms with van der Waals surface area (Å²) in [5.41, 5.74) is 3.70. The third-order valence-electron chi connectivity index (χ3n) is 6.21. The van der Waals surface area contributed by atoms with Gasteiger partial charge in [0.2, 0.25) is 11.8 Å². The predicted molar refractivity (Wildman–Crippen MR) is 117 cm³/mol. The molecule has 3 amide bonds. The summed E-state index contributed by atoms with van der Waals surface area (Å²) in [7, 11) is 3.15.